The number of non-ortho nitro benzene ring substituents is 1. The van der Waals surface area contributed by atoms with Gasteiger partial charge in [0.1, 0.15) is 22.9 Å². The summed E-state index contributed by atoms with van der Waals surface area (Å²) in [6.07, 6.45) is 1.23. The molecular weight excluding hydrogens is 437 g/mol. The number of rotatable bonds is 4. The van der Waals surface area contributed by atoms with Gasteiger partial charge in [0.25, 0.3) is 17.5 Å². The van der Waals surface area contributed by atoms with E-state index in [1.807, 2.05) is 0 Å². The standard InChI is InChI=1S/C22H14FN3O5S/c1-12-10-13(26(29)30)6-8-15(12)19-9-7-14(31-19)11-16-20(27)24-22(32)25(21(16)28)18-5-3-2-4-17(18)23/h2-11H,1H3,(H,24,27,32)/b16-11-. The SMILES string of the molecule is Cc1cc([N+](=O)[O-])ccc1-c1ccc(/C=C2/C(=O)NC(=S)N(c3ccccc3F)C2=O)o1. The van der Waals surface area contributed by atoms with Crippen molar-refractivity contribution in [3.63, 3.8) is 0 Å². The Morgan fingerprint density at radius 1 is 1.16 bits per heavy atom. The number of amides is 2. The number of hydrogen-bond donors (Lipinski definition) is 1. The van der Waals surface area contributed by atoms with Crippen LogP contribution in [0.3, 0.4) is 0 Å². The Kier molecular flexibility index (Phi) is 5.37. The van der Waals surface area contributed by atoms with Gasteiger partial charge in [0, 0.05) is 17.7 Å². The highest BCUT2D eigenvalue weighted by Gasteiger charge is 2.35. The van der Waals surface area contributed by atoms with Crippen molar-refractivity contribution in [1.29, 1.82) is 0 Å². The number of thiocarbonyl (C=S) groups is 1. The third kappa shape index (κ3) is 3.79. The van der Waals surface area contributed by atoms with Gasteiger partial charge in [-0.05, 0) is 61.1 Å². The topological polar surface area (TPSA) is 106 Å². The van der Waals surface area contributed by atoms with Crippen LogP contribution in [0, 0.1) is 22.9 Å². The molecule has 0 bridgehead atoms. The molecule has 2 aromatic carbocycles. The predicted octanol–water partition coefficient (Wildman–Crippen LogP) is 4.13. The van der Waals surface area contributed by atoms with Crippen LogP contribution in [0.1, 0.15) is 11.3 Å². The number of nitrogens with zero attached hydrogens (tertiary/aromatic N) is 2. The predicted molar refractivity (Wildman–Crippen MR) is 118 cm³/mol. The maximum absolute atomic E-state index is 14.2. The van der Waals surface area contributed by atoms with Crippen LogP contribution in [0.15, 0.2) is 64.6 Å². The van der Waals surface area contributed by atoms with E-state index >= 15 is 0 Å². The average Bonchev–Trinajstić information content (AvgIpc) is 3.20. The van der Waals surface area contributed by atoms with Gasteiger partial charge in [-0.3, -0.25) is 25.0 Å². The zero-order valence-corrected chi connectivity index (χ0v) is 17.3. The first kappa shape index (κ1) is 21.1. The van der Waals surface area contributed by atoms with Crippen molar-refractivity contribution in [3.8, 4) is 11.3 Å². The van der Waals surface area contributed by atoms with E-state index in [1.165, 1.54) is 36.4 Å². The molecule has 1 saturated heterocycles. The zero-order valence-electron chi connectivity index (χ0n) is 16.5. The molecule has 1 aliphatic heterocycles. The highest BCUT2D eigenvalue weighted by molar-refractivity contribution is 7.80. The summed E-state index contributed by atoms with van der Waals surface area (Å²) in [5.74, 6) is -1.62. The number of nitro benzene ring substituents is 1. The molecule has 2 heterocycles. The molecule has 2 amide bonds. The first-order valence-electron chi connectivity index (χ1n) is 9.27. The minimum Gasteiger partial charge on any atom is -0.457 e. The highest BCUT2D eigenvalue weighted by Crippen LogP contribution is 2.30. The van der Waals surface area contributed by atoms with Gasteiger partial charge in [-0.2, -0.15) is 0 Å². The molecule has 1 aliphatic rings. The summed E-state index contributed by atoms with van der Waals surface area (Å²) in [4.78, 5) is 36.7. The van der Waals surface area contributed by atoms with Crippen molar-refractivity contribution >= 4 is 46.6 Å². The number of furan rings is 1. The lowest BCUT2D eigenvalue weighted by Crippen LogP contribution is -2.54. The lowest BCUT2D eigenvalue weighted by atomic mass is 10.1. The first-order chi connectivity index (χ1) is 15.3. The monoisotopic (exact) mass is 451 g/mol. The minimum absolute atomic E-state index is 0.0474. The number of halogens is 1. The fraction of sp³-hybridized carbons (Fsp3) is 0.0455. The molecule has 0 saturated carbocycles. The summed E-state index contributed by atoms with van der Waals surface area (Å²) in [7, 11) is 0. The molecule has 1 fully saturated rings. The smallest absolute Gasteiger partial charge is 0.270 e. The Labute approximate surface area is 186 Å². The number of carbonyl (C=O) groups excluding carboxylic acids is 2. The normalized spacial score (nSPS) is 15.2. The molecule has 160 valence electrons. The zero-order chi connectivity index (χ0) is 23.0. The second-order valence-corrected chi connectivity index (χ2v) is 7.25. The molecule has 4 rings (SSSR count). The van der Waals surface area contributed by atoms with E-state index in [0.29, 0.717) is 16.9 Å². The van der Waals surface area contributed by atoms with Crippen molar-refractivity contribution in [3.05, 3.63) is 87.4 Å². The summed E-state index contributed by atoms with van der Waals surface area (Å²) >= 11 is 5.06. The van der Waals surface area contributed by atoms with Crippen molar-refractivity contribution in [2.24, 2.45) is 0 Å². The minimum atomic E-state index is -0.798. The maximum Gasteiger partial charge on any atom is 0.270 e. The number of nitrogens with one attached hydrogen (secondary N) is 1. The molecule has 0 unspecified atom stereocenters. The summed E-state index contributed by atoms with van der Waals surface area (Å²) in [6, 6.07) is 13.0. The summed E-state index contributed by atoms with van der Waals surface area (Å²) in [5, 5.41) is 13.1. The maximum atomic E-state index is 14.2. The summed E-state index contributed by atoms with van der Waals surface area (Å²) < 4.78 is 20.0. The fourth-order valence-electron chi connectivity index (χ4n) is 3.26. The van der Waals surface area contributed by atoms with E-state index in [2.05, 4.69) is 5.32 Å². The molecule has 0 radical (unpaired) electrons. The van der Waals surface area contributed by atoms with Gasteiger partial charge in [-0.15, -0.1) is 0 Å². The second-order valence-electron chi connectivity index (χ2n) is 6.87. The first-order valence-corrected chi connectivity index (χ1v) is 9.68. The third-order valence-corrected chi connectivity index (χ3v) is 5.08. The van der Waals surface area contributed by atoms with E-state index in [9.17, 15) is 24.1 Å². The quantitative estimate of drug-likeness (QED) is 0.210. The van der Waals surface area contributed by atoms with E-state index in [0.717, 1.165) is 4.90 Å². The van der Waals surface area contributed by atoms with Gasteiger partial charge in [-0.25, -0.2) is 9.29 Å². The van der Waals surface area contributed by atoms with E-state index < -0.39 is 22.6 Å². The molecule has 0 spiro atoms. The molecule has 0 atom stereocenters. The average molecular weight is 451 g/mol. The fourth-order valence-corrected chi connectivity index (χ4v) is 3.54. The molecule has 8 nitrogen and oxygen atoms in total. The Hall–Kier alpha value is -4.18. The number of nitro groups is 1. The molecule has 0 aliphatic carbocycles. The highest BCUT2D eigenvalue weighted by atomic mass is 32.1. The number of carbonyl (C=O) groups is 2. The van der Waals surface area contributed by atoms with Crippen LogP contribution < -0.4 is 10.2 Å². The lowest BCUT2D eigenvalue weighted by Gasteiger charge is -2.28. The largest absolute Gasteiger partial charge is 0.457 e. The van der Waals surface area contributed by atoms with Crippen LogP contribution in [-0.2, 0) is 9.59 Å². The Balaban J connectivity index is 1.68. The molecule has 1 N–H and O–H groups in total. The Morgan fingerprint density at radius 2 is 1.91 bits per heavy atom. The number of hydrogen-bond acceptors (Lipinski definition) is 6. The number of anilines is 1. The second kappa shape index (κ2) is 8.16. The molecule has 32 heavy (non-hydrogen) atoms. The van der Waals surface area contributed by atoms with Crippen LogP contribution >= 0.6 is 12.2 Å². The molecule has 1 aromatic heterocycles. The van der Waals surface area contributed by atoms with Crippen LogP contribution in [-0.4, -0.2) is 21.9 Å². The molecule has 10 heteroatoms. The van der Waals surface area contributed by atoms with Crippen LogP contribution in [0.2, 0.25) is 0 Å². The van der Waals surface area contributed by atoms with Gasteiger partial charge in [0.15, 0.2) is 5.11 Å². The lowest BCUT2D eigenvalue weighted by molar-refractivity contribution is -0.384. The number of para-hydroxylation sites is 1. The van der Waals surface area contributed by atoms with Crippen molar-refractivity contribution < 1.29 is 23.3 Å². The third-order valence-electron chi connectivity index (χ3n) is 4.79. The molecular formula is C22H14FN3O5S. The molecule has 3 aromatic rings. The van der Waals surface area contributed by atoms with Gasteiger partial charge < -0.3 is 4.42 Å². The van der Waals surface area contributed by atoms with Gasteiger partial charge in [0.2, 0.25) is 0 Å². The Morgan fingerprint density at radius 3 is 2.59 bits per heavy atom. The van der Waals surface area contributed by atoms with Crippen molar-refractivity contribution in [1.82, 2.24) is 5.32 Å². The van der Waals surface area contributed by atoms with Crippen molar-refractivity contribution in [2.75, 3.05) is 4.90 Å². The van der Waals surface area contributed by atoms with E-state index in [4.69, 9.17) is 16.6 Å². The summed E-state index contributed by atoms with van der Waals surface area (Å²) in [6.45, 7) is 1.70. The van der Waals surface area contributed by atoms with E-state index in [-0.39, 0.29) is 27.8 Å². The van der Waals surface area contributed by atoms with Gasteiger partial charge >= 0.3 is 0 Å². The van der Waals surface area contributed by atoms with Gasteiger partial charge in [-0.1, -0.05) is 12.1 Å². The number of benzene rings is 2. The van der Waals surface area contributed by atoms with Crippen LogP contribution in [0.5, 0.6) is 0 Å². The number of aryl methyl sites for hydroxylation is 1. The van der Waals surface area contributed by atoms with Crippen LogP contribution in [0.25, 0.3) is 17.4 Å². The summed E-state index contributed by atoms with van der Waals surface area (Å²) in [5.41, 5.74) is 0.816. The van der Waals surface area contributed by atoms with E-state index in [1.54, 1.807) is 31.2 Å². The Bertz CT molecular complexity index is 1330. The van der Waals surface area contributed by atoms with Crippen molar-refractivity contribution in [2.45, 2.75) is 6.92 Å². The van der Waals surface area contributed by atoms with Crippen LogP contribution in [0.4, 0.5) is 15.8 Å². The van der Waals surface area contributed by atoms with Gasteiger partial charge in [0.05, 0.1) is 10.6 Å².